The van der Waals surface area contributed by atoms with Crippen molar-refractivity contribution >= 4 is 39.0 Å². The maximum absolute atomic E-state index is 13.3. The Morgan fingerprint density at radius 2 is 2.14 bits per heavy atom. The Labute approximate surface area is 174 Å². The van der Waals surface area contributed by atoms with Crippen LogP contribution in [-0.4, -0.2) is 36.1 Å². The van der Waals surface area contributed by atoms with Crippen LogP contribution in [0.25, 0.3) is 10.2 Å². The van der Waals surface area contributed by atoms with Gasteiger partial charge in [-0.15, -0.1) is 11.3 Å². The number of thiophene rings is 1. The predicted molar refractivity (Wildman–Crippen MR) is 118 cm³/mol. The second kappa shape index (κ2) is 7.99. The van der Waals surface area contributed by atoms with Crippen LogP contribution in [0.1, 0.15) is 40.6 Å². The van der Waals surface area contributed by atoms with E-state index in [4.69, 9.17) is 4.74 Å². The van der Waals surface area contributed by atoms with E-state index >= 15 is 0 Å². The van der Waals surface area contributed by atoms with Crippen LogP contribution in [0.5, 0.6) is 5.75 Å². The van der Waals surface area contributed by atoms with Crippen molar-refractivity contribution < 1.29 is 9.53 Å². The Bertz CT molecular complexity index is 1060. The summed E-state index contributed by atoms with van der Waals surface area (Å²) in [6.45, 7) is 8.12. The van der Waals surface area contributed by atoms with Crippen LogP contribution in [0.4, 0.5) is 11.5 Å². The summed E-state index contributed by atoms with van der Waals surface area (Å²) in [6.07, 6.45) is 3.99. The van der Waals surface area contributed by atoms with Gasteiger partial charge in [0.05, 0.1) is 18.1 Å². The Morgan fingerprint density at radius 1 is 1.31 bits per heavy atom. The molecule has 1 atom stereocenters. The largest absolute Gasteiger partial charge is 0.497 e. The molecule has 0 saturated carbocycles. The fourth-order valence-electron chi connectivity index (χ4n) is 4.01. The first-order chi connectivity index (χ1) is 14.0. The minimum atomic E-state index is -0.122. The first kappa shape index (κ1) is 19.6. The number of hydrogen-bond acceptors (Lipinski definition) is 6. The number of rotatable bonds is 4. The van der Waals surface area contributed by atoms with Gasteiger partial charge in [0.15, 0.2) is 0 Å². The van der Waals surface area contributed by atoms with E-state index in [0.29, 0.717) is 11.5 Å². The maximum atomic E-state index is 13.3. The average Bonchev–Trinajstić information content (AvgIpc) is 3.05. The number of hydrogen-bond donors (Lipinski definition) is 1. The lowest BCUT2D eigenvalue weighted by atomic mass is 10.00. The molecular weight excluding hydrogens is 384 g/mol. The highest BCUT2D eigenvalue weighted by Crippen LogP contribution is 2.37. The lowest BCUT2D eigenvalue weighted by Crippen LogP contribution is -2.35. The molecule has 3 heterocycles. The van der Waals surface area contributed by atoms with Gasteiger partial charge in [0.1, 0.15) is 22.7 Å². The predicted octanol–water partition coefficient (Wildman–Crippen LogP) is 4.81. The molecule has 4 rings (SSSR count). The molecule has 0 unspecified atom stereocenters. The van der Waals surface area contributed by atoms with Gasteiger partial charge in [-0.05, 0) is 56.4 Å². The van der Waals surface area contributed by atoms with Crippen molar-refractivity contribution in [3.05, 3.63) is 40.5 Å². The Kier molecular flexibility index (Phi) is 5.41. The normalized spacial score (nSPS) is 16.8. The maximum Gasteiger partial charge on any atom is 0.257 e. The van der Waals surface area contributed by atoms with Crippen molar-refractivity contribution in [1.82, 2.24) is 9.97 Å². The van der Waals surface area contributed by atoms with Crippen molar-refractivity contribution in [2.75, 3.05) is 30.4 Å². The number of aromatic nitrogens is 2. The number of amides is 1. The third kappa shape index (κ3) is 3.79. The highest BCUT2D eigenvalue weighted by Gasteiger charge is 2.26. The molecule has 0 bridgehead atoms. The lowest BCUT2D eigenvalue weighted by Gasteiger charge is -2.32. The summed E-state index contributed by atoms with van der Waals surface area (Å²) in [5, 5.41) is 3.94. The summed E-state index contributed by atoms with van der Waals surface area (Å²) in [7, 11) is 1.64. The highest BCUT2D eigenvalue weighted by atomic mass is 32.1. The standard InChI is InChI=1S/C22H26N4O2S/c1-13-6-5-9-26(11-13)20-19-18(15(3)29-22(19)24-12-23-20)21(27)25-17-8-7-16(28-4)10-14(17)2/h7-8,10,12-13H,5-6,9,11H2,1-4H3,(H,25,27)/t13-/m0/s1. The highest BCUT2D eigenvalue weighted by molar-refractivity contribution is 7.19. The number of fused-ring (bicyclic) bond motifs is 1. The van der Waals surface area contributed by atoms with Gasteiger partial charge in [0.25, 0.3) is 5.91 Å². The molecule has 6 nitrogen and oxygen atoms in total. The van der Waals surface area contributed by atoms with Gasteiger partial charge in [-0.2, -0.15) is 0 Å². The van der Waals surface area contributed by atoms with E-state index in [1.54, 1.807) is 24.8 Å². The molecule has 7 heteroatoms. The van der Waals surface area contributed by atoms with Crippen molar-refractivity contribution in [1.29, 1.82) is 0 Å². The lowest BCUT2D eigenvalue weighted by molar-refractivity contribution is 0.102. The summed E-state index contributed by atoms with van der Waals surface area (Å²) in [5.74, 6) is 2.14. The molecule has 3 aromatic rings. The minimum absolute atomic E-state index is 0.122. The number of nitrogens with zero attached hydrogens (tertiary/aromatic N) is 3. The molecule has 0 spiro atoms. The van der Waals surface area contributed by atoms with Gasteiger partial charge in [-0.25, -0.2) is 9.97 Å². The van der Waals surface area contributed by atoms with E-state index in [2.05, 4.69) is 27.1 Å². The molecule has 0 aliphatic carbocycles. The van der Waals surface area contributed by atoms with Crippen LogP contribution in [0.3, 0.4) is 0 Å². The molecule has 1 fully saturated rings. The first-order valence-electron chi connectivity index (χ1n) is 9.93. The average molecular weight is 411 g/mol. The second-order valence-electron chi connectivity index (χ2n) is 7.74. The molecule has 1 amide bonds. The SMILES string of the molecule is COc1ccc(NC(=O)c2c(C)sc3ncnc(N4CCC[C@H](C)C4)c23)c(C)c1. The zero-order chi connectivity index (χ0) is 20.5. The molecule has 152 valence electrons. The number of piperidine rings is 1. The van der Waals surface area contributed by atoms with E-state index in [1.165, 1.54) is 6.42 Å². The van der Waals surface area contributed by atoms with Crippen LogP contribution in [0, 0.1) is 19.8 Å². The van der Waals surface area contributed by atoms with Crippen LogP contribution >= 0.6 is 11.3 Å². The van der Waals surface area contributed by atoms with Crippen LogP contribution in [0.2, 0.25) is 0 Å². The van der Waals surface area contributed by atoms with Gasteiger partial charge in [-0.1, -0.05) is 6.92 Å². The summed E-state index contributed by atoms with van der Waals surface area (Å²) in [4.78, 5) is 26.5. The van der Waals surface area contributed by atoms with E-state index in [9.17, 15) is 4.79 Å². The molecule has 1 aromatic carbocycles. The van der Waals surface area contributed by atoms with E-state index in [-0.39, 0.29) is 5.91 Å². The Morgan fingerprint density at radius 3 is 2.86 bits per heavy atom. The fourth-order valence-corrected chi connectivity index (χ4v) is 4.99. The third-order valence-electron chi connectivity index (χ3n) is 5.51. The zero-order valence-electron chi connectivity index (χ0n) is 17.3. The molecule has 29 heavy (non-hydrogen) atoms. The second-order valence-corrected chi connectivity index (χ2v) is 8.94. The van der Waals surface area contributed by atoms with Crippen LogP contribution in [-0.2, 0) is 0 Å². The summed E-state index contributed by atoms with van der Waals surface area (Å²) < 4.78 is 5.26. The minimum Gasteiger partial charge on any atom is -0.497 e. The van der Waals surface area contributed by atoms with E-state index in [1.807, 2.05) is 32.0 Å². The van der Waals surface area contributed by atoms with Crippen LogP contribution in [0.15, 0.2) is 24.5 Å². The number of carbonyl (C=O) groups excluding carboxylic acids is 1. The van der Waals surface area contributed by atoms with Gasteiger partial charge >= 0.3 is 0 Å². The van der Waals surface area contributed by atoms with Crippen molar-refractivity contribution in [3.63, 3.8) is 0 Å². The molecule has 0 radical (unpaired) electrons. The smallest absolute Gasteiger partial charge is 0.257 e. The van der Waals surface area contributed by atoms with Gasteiger partial charge < -0.3 is 15.0 Å². The molecular formula is C22H26N4O2S. The van der Waals surface area contributed by atoms with E-state index in [0.717, 1.165) is 57.4 Å². The third-order valence-corrected chi connectivity index (χ3v) is 6.52. The molecule has 1 N–H and O–H groups in total. The number of nitrogens with one attached hydrogen (secondary N) is 1. The number of ether oxygens (including phenoxy) is 1. The zero-order valence-corrected chi connectivity index (χ0v) is 18.1. The number of carbonyl (C=O) groups is 1. The number of methoxy groups -OCH3 is 1. The van der Waals surface area contributed by atoms with Gasteiger partial charge in [-0.3, -0.25) is 4.79 Å². The number of aryl methyl sites for hydroxylation is 2. The summed E-state index contributed by atoms with van der Waals surface area (Å²) >= 11 is 1.55. The van der Waals surface area contributed by atoms with Crippen molar-refractivity contribution in [3.8, 4) is 5.75 Å². The quantitative estimate of drug-likeness (QED) is 0.669. The van der Waals surface area contributed by atoms with E-state index < -0.39 is 0 Å². The molecule has 1 aliphatic heterocycles. The molecule has 2 aromatic heterocycles. The van der Waals surface area contributed by atoms with Crippen molar-refractivity contribution in [2.45, 2.75) is 33.6 Å². The Balaban J connectivity index is 1.73. The number of anilines is 2. The first-order valence-corrected chi connectivity index (χ1v) is 10.7. The Hall–Kier alpha value is -2.67. The van der Waals surface area contributed by atoms with Crippen LogP contribution < -0.4 is 15.0 Å². The molecule has 1 saturated heterocycles. The van der Waals surface area contributed by atoms with Gasteiger partial charge in [0, 0.05) is 23.7 Å². The summed E-state index contributed by atoms with van der Waals surface area (Å²) in [5.41, 5.74) is 2.41. The molecule has 1 aliphatic rings. The number of benzene rings is 1. The monoisotopic (exact) mass is 410 g/mol. The fraction of sp³-hybridized carbons (Fsp3) is 0.409. The van der Waals surface area contributed by atoms with Crippen molar-refractivity contribution in [2.24, 2.45) is 5.92 Å². The summed E-state index contributed by atoms with van der Waals surface area (Å²) in [6, 6.07) is 5.64. The topological polar surface area (TPSA) is 67.3 Å². The van der Waals surface area contributed by atoms with Gasteiger partial charge in [0.2, 0.25) is 0 Å².